The lowest BCUT2D eigenvalue weighted by molar-refractivity contribution is -0.115. The molecule has 100 valence electrons. The highest BCUT2D eigenvalue weighted by Gasteiger charge is 2.10. The van der Waals surface area contributed by atoms with Gasteiger partial charge >= 0.3 is 0 Å². The summed E-state index contributed by atoms with van der Waals surface area (Å²) in [5.41, 5.74) is 1.93. The summed E-state index contributed by atoms with van der Waals surface area (Å²) in [6.45, 7) is 3.71. The molecule has 0 radical (unpaired) electrons. The molecule has 1 N–H and O–H groups in total. The largest absolute Gasteiger partial charge is 0.302 e. The second-order valence-corrected chi connectivity index (χ2v) is 5.32. The van der Waals surface area contributed by atoms with Crippen molar-refractivity contribution in [2.75, 3.05) is 5.32 Å². The molecule has 1 amide bonds. The van der Waals surface area contributed by atoms with Crippen LogP contribution < -0.4 is 5.32 Å². The number of thiazole rings is 1. The minimum atomic E-state index is -0.235. The van der Waals surface area contributed by atoms with E-state index in [2.05, 4.69) is 10.3 Å². The summed E-state index contributed by atoms with van der Waals surface area (Å²) in [5.74, 6) is -0.275. The molecule has 19 heavy (non-hydrogen) atoms. The van der Waals surface area contributed by atoms with Gasteiger partial charge in [0, 0.05) is 17.7 Å². The van der Waals surface area contributed by atoms with E-state index in [0.29, 0.717) is 18.0 Å². The van der Waals surface area contributed by atoms with Crippen LogP contribution in [0.1, 0.15) is 29.5 Å². The Kier molecular flexibility index (Phi) is 4.27. The quantitative estimate of drug-likeness (QED) is 0.929. The Bertz CT molecular complexity index is 578. The van der Waals surface area contributed by atoms with E-state index in [-0.39, 0.29) is 11.7 Å². The first-order chi connectivity index (χ1) is 9.08. The fourth-order valence-corrected chi connectivity index (χ4v) is 2.65. The number of benzene rings is 1. The molecule has 1 aromatic heterocycles. The Morgan fingerprint density at radius 2 is 2.05 bits per heavy atom. The first-order valence-corrected chi connectivity index (χ1v) is 6.90. The van der Waals surface area contributed by atoms with Gasteiger partial charge in [0.15, 0.2) is 5.13 Å². The van der Waals surface area contributed by atoms with Crippen molar-refractivity contribution >= 4 is 22.4 Å². The van der Waals surface area contributed by atoms with E-state index in [1.807, 2.05) is 6.92 Å². The zero-order valence-electron chi connectivity index (χ0n) is 10.9. The average molecular weight is 278 g/mol. The first kappa shape index (κ1) is 13.7. The number of hydrogen-bond donors (Lipinski definition) is 1. The van der Waals surface area contributed by atoms with Gasteiger partial charge in [-0.05, 0) is 24.6 Å². The van der Waals surface area contributed by atoms with Crippen molar-refractivity contribution in [3.05, 3.63) is 46.2 Å². The van der Waals surface area contributed by atoms with Crippen molar-refractivity contribution in [3.8, 4) is 0 Å². The molecule has 3 nitrogen and oxygen atoms in total. The van der Waals surface area contributed by atoms with Gasteiger partial charge in [0.1, 0.15) is 5.82 Å². The lowest BCUT2D eigenvalue weighted by atomic mass is 10.1. The van der Waals surface area contributed by atoms with Gasteiger partial charge < -0.3 is 5.32 Å². The number of aromatic nitrogens is 1. The lowest BCUT2D eigenvalue weighted by Crippen LogP contribution is -2.08. The summed E-state index contributed by atoms with van der Waals surface area (Å²) in [5, 5.41) is 3.38. The molecule has 0 fully saturated rings. The van der Waals surface area contributed by atoms with Crippen LogP contribution >= 0.6 is 11.3 Å². The van der Waals surface area contributed by atoms with Gasteiger partial charge in [-0.15, -0.1) is 11.3 Å². The van der Waals surface area contributed by atoms with Crippen LogP contribution in [0.5, 0.6) is 0 Å². The second-order valence-electron chi connectivity index (χ2n) is 4.23. The van der Waals surface area contributed by atoms with Crippen LogP contribution in [0.3, 0.4) is 0 Å². The zero-order valence-corrected chi connectivity index (χ0v) is 11.7. The molecule has 0 aliphatic rings. The third-order valence-corrected chi connectivity index (χ3v) is 3.81. The number of nitrogens with one attached hydrogen (secondary N) is 1. The Labute approximate surface area is 115 Å². The van der Waals surface area contributed by atoms with Gasteiger partial charge in [0.25, 0.3) is 0 Å². The smallest absolute Gasteiger partial charge is 0.225 e. The molecule has 0 atom stereocenters. The van der Waals surface area contributed by atoms with Gasteiger partial charge in [-0.25, -0.2) is 9.37 Å². The van der Waals surface area contributed by atoms with Crippen LogP contribution in [-0.2, 0) is 11.2 Å². The maximum Gasteiger partial charge on any atom is 0.225 e. The highest BCUT2D eigenvalue weighted by Crippen LogP contribution is 2.25. The number of rotatable bonds is 4. The highest BCUT2D eigenvalue weighted by molar-refractivity contribution is 7.15. The van der Waals surface area contributed by atoms with Crippen molar-refractivity contribution in [2.45, 2.75) is 26.7 Å². The number of carbonyl (C=O) groups excluding carboxylic acids is 1. The van der Waals surface area contributed by atoms with Gasteiger partial charge in [-0.3, -0.25) is 4.79 Å². The van der Waals surface area contributed by atoms with Crippen LogP contribution in [0.2, 0.25) is 0 Å². The maximum absolute atomic E-state index is 12.8. The summed E-state index contributed by atoms with van der Waals surface area (Å²) >= 11 is 1.47. The van der Waals surface area contributed by atoms with Crippen molar-refractivity contribution in [1.29, 1.82) is 0 Å². The fourth-order valence-electron chi connectivity index (χ4n) is 1.64. The molecular formula is C14H15FN2OS. The summed E-state index contributed by atoms with van der Waals surface area (Å²) in [4.78, 5) is 16.7. The first-order valence-electron chi connectivity index (χ1n) is 6.09. The average Bonchev–Trinajstić information content (AvgIpc) is 2.72. The predicted molar refractivity (Wildman–Crippen MR) is 75.0 cm³/mol. The Hall–Kier alpha value is -1.75. The van der Waals surface area contributed by atoms with Crippen molar-refractivity contribution < 1.29 is 9.18 Å². The van der Waals surface area contributed by atoms with Crippen LogP contribution in [0.15, 0.2) is 24.3 Å². The molecule has 0 saturated heterocycles. The van der Waals surface area contributed by atoms with Crippen LogP contribution in [0.4, 0.5) is 9.52 Å². The SMILES string of the molecule is CCC(=O)Nc1nc(C)c(Cc2ccc(F)cc2)s1. The normalized spacial score (nSPS) is 10.5. The minimum absolute atomic E-state index is 0.0397. The van der Waals surface area contributed by atoms with E-state index >= 15 is 0 Å². The standard InChI is InChI=1S/C14H15FN2OS/c1-3-13(18)17-14-16-9(2)12(19-14)8-10-4-6-11(15)7-5-10/h4-7H,3,8H2,1-2H3,(H,16,17,18). The van der Waals surface area contributed by atoms with Gasteiger partial charge in [-0.2, -0.15) is 0 Å². The van der Waals surface area contributed by atoms with Crippen LogP contribution in [0.25, 0.3) is 0 Å². The number of aryl methyl sites for hydroxylation is 1. The maximum atomic E-state index is 12.8. The molecule has 1 heterocycles. The predicted octanol–water partition coefficient (Wildman–Crippen LogP) is 3.53. The number of carbonyl (C=O) groups is 1. The van der Waals surface area contributed by atoms with E-state index in [4.69, 9.17) is 0 Å². The number of nitrogens with zero attached hydrogens (tertiary/aromatic N) is 1. The molecule has 0 aliphatic carbocycles. The molecular weight excluding hydrogens is 263 g/mol. The zero-order chi connectivity index (χ0) is 13.8. The van der Waals surface area contributed by atoms with E-state index in [9.17, 15) is 9.18 Å². The monoisotopic (exact) mass is 278 g/mol. The fraction of sp³-hybridized carbons (Fsp3) is 0.286. The van der Waals surface area contributed by atoms with Crippen molar-refractivity contribution in [3.63, 3.8) is 0 Å². The van der Waals surface area contributed by atoms with Gasteiger partial charge in [0.2, 0.25) is 5.91 Å². The molecule has 0 unspecified atom stereocenters. The Balaban J connectivity index is 2.12. The third-order valence-electron chi connectivity index (χ3n) is 2.74. The molecule has 0 bridgehead atoms. The van der Waals surface area contributed by atoms with Crippen LogP contribution in [-0.4, -0.2) is 10.9 Å². The van der Waals surface area contributed by atoms with E-state index in [0.717, 1.165) is 16.1 Å². The van der Waals surface area contributed by atoms with E-state index in [1.54, 1.807) is 19.1 Å². The van der Waals surface area contributed by atoms with E-state index in [1.165, 1.54) is 23.5 Å². The number of amides is 1. The van der Waals surface area contributed by atoms with Crippen molar-refractivity contribution in [1.82, 2.24) is 4.98 Å². The van der Waals surface area contributed by atoms with E-state index < -0.39 is 0 Å². The third kappa shape index (κ3) is 3.61. The summed E-state index contributed by atoms with van der Waals surface area (Å²) in [6.07, 6.45) is 1.14. The Morgan fingerprint density at radius 1 is 1.37 bits per heavy atom. The number of anilines is 1. The van der Waals surface area contributed by atoms with Crippen molar-refractivity contribution in [2.24, 2.45) is 0 Å². The molecule has 1 aromatic carbocycles. The summed E-state index contributed by atoms with van der Waals surface area (Å²) in [7, 11) is 0. The molecule has 2 aromatic rings. The lowest BCUT2D eigenvalue weighted by Gasteiger charge is -1.99. The highest BCUT2D eigenvalue weighted by atomic mass is 32.1. The molecule has 2 rings (SSSR count). The molecule has 0 saturated carbocycles. The summed E-state index contributed by atoms with van der Waals surface area (Å²) < 4.78 is 12.8. The molecule has 0 spiro atoms. The second kappa shape index (κ2) is 5.93. The van der Waals surface area contributed by atoms with Gasteiger partial charge in [0.05, 0.1) is 5.69 Å². The molecule has 5 heteroatoms. The van der Waals surface area contributed by atoms with Crippen LogP contribution in [0, 0.1) is 12.7 Å². The summed E-state index contributed by atoms with van der Waals surface area (Å²) in [6, 6.07) is 6.43. The Morgan fingerprint density at radius 3 is 2.68 bits per heavy atom. The molecule has 0 aliphatic heterocycles. The van der Waals surface area contributed by atoms with Gasteiger partial charge in [-0.1, -0.05) is 19.1 Å². The minimum Gasteiger partial charge on any atom is -0.302 e. The topological polar surface area (TPSA) is 42.0 Å². The number of halogens is 1. The number of hydrogen-bond acceptors (Lipinski definition) is 3.